The highest BCUT2D eigenvalue weighted by Gasteiger charge is 2.49. The van der Waals surface area contributed by atoms with Crippen LogP contribution in [0.5, 0.6) is 11.5 Å². The molecular weight excluding hydrogens is 452 g/mol. The summed E-state index contributed by atoms with van der Waals surface area (Å²) in [6.07, 6.45) is 0. The van der Waals surface area contributed by atoms with Crippen LogP contribution in [0.4, 0.5) is 5.13 Å². The number of aliphatic hydroxyl groups is 1. The van der Waals surface area contributed by atoms with Crippen molar-refractivity contribution in [2.45, 2.75) is 6.04 Å². The fraction of sp³-hybridized carbons (Fsp3) is 0.115. The summed E-state index contributed by atoms with van der Waals surface area (Å²) in [4.78, 5) is 32.6. The number of amides is 1. The lowest BCUT2D eigenvalue weighted by Crippen LogP contribution is -2.29. The molecule has 3 aromatic carbocycles. The van der Waals surface area contributed by atoms with E-state index in [1.54, 1.807) is 48.5 Å². The Kier molecular flexibility index (Phi) is 5.51. The van der Waals surface area contributed by atoms with E-state index in [1.165, 1.54) is 30.5 Å². The molecule has 0 spiro atoms. The molecule has 1 unspecified atom stereocenters. The van der Waals surface area contributed by atoms with E-state index in [4.69, 9.17) is 9.47 Å². The zero-order valence-corrected chi connectivity index (χ0v) is 19.2. The van der Waals surface area contributed by atoms with Gasteiger partial charge in [0.15, 0.2) is 5.13 Å². The number of Topliss-reactive ketones (excluding diaryl/α,β-unsaturated/α-hetero) is 1. The first-order valence-corrected chi connectivity index (χ1v) is 11.3. The number of ether oxygens (including phenoxy) is 2. The molecule has 2 heterocycles. The van der Waals surface area contributed by atoms with Crippen LogP contribution in [-0.2, 0) is 9.59 Å². The second-order valence-corrected chi connectivity index (χ2v) is 8.62. The lowest BCUT2D eigenvalue weighted by molar-refractivity contribution is -0.132. The average molecular weight is 473 g/mol. The van der Waals surface area contributed by atoms with Crippen molar-refractivity contribution in [3.63, 3.8) is 0 Å². The van der Waals surface area contributed by atoms with Gasteiger partial charge in [-0.1, -0.05) is 53.8 Å². The van der Waals surface area contributed by atoms with Gasteiger partial charge in [-0.15, -0.1) is 0 Å². The monoisotopic (exact) mass is 472 g/mol. The molecule has 1 aliphatic rings. The highest BCUT2D eigenvalue weighted by atomic mass is 32.1. The van der Waals surface area contributed by atoms with Crippen molar-refractivity contribution in [1.82, 2.24) is 4.98 Å². The maximum Gasteiger partial charge on any atom is 0.301 e. The number of carbonyl (C=O) groups is 2. The average Bonchev–Trinajstić information content (AvgIpc) is 3.42. The predicted molar refractivity (Wildman–Crippen MR) is 130 cm³/mol. The molecule has 0 radical (unpaired) electrons. The summed E-state index contributed by atoms with van der Waals surface area (Å²) in [6, 6.07) is 20.4. The van der Waals surface area contributed by atoms with Crippen LogP contribution in [0.2, 0.25) is 0 Å². The minimum absolute atomic E-state index is 0.0288. The minimum atomic E-state index is -0.943. The number of hydrogen-bond acceptors (Lipinski definition) is 7. The Bertz CT molecular complexity index is 1410. The van der Waals surface area contributed by atoms with E-state index in [1.807, 2.05) is 24.3 Å². The number of thiazole rings is 1. The van der Waals surface area contributed by atoms with Crippen LogP contribution >= 0.6 is 11.3 Å². The van der Waals surface area contributed by atoms with Crippen molar-refractivity contribution in [3.05, 3.63) is 89.5 Å². The maximum atomic E-state index is 13.4. The molecule has 7 nitrogen and oxygen atoms in total. The van der Waals surface area contributed by atoms with E-state index in [-0.39, 0.29) is 11.3 Å². The fourth-order valence-electron chi connectivity index (χ4n) is 4.08. The maximum absolute atomic E-state index is 13.4. The number of ketones is 1. The molecular formula is C26H20N2O5S. The zero-order chi connectivity index (χ0) is 23.8. The van der Waals surface area contributed by atoms with Crippen LogP contribution in [-0.4, -0.2) is 36.0 Å². The number of rotatable bonds is 5. The molecule has 1 amide bonds. The number of hydrogen-bond donors (Lipinski definition) is 1. The van der Waals surface area contributed by atoms with Gasteiger partial charge in [0.25, 0.3) is 5.78 Å². The highest BCUT2D eigenvalue weighted by Crippen LogP contribution is 2.47. The van der Waals surface area contributed by atoms with E-state index in [0.29, 0.717) is 33.3 Å². The molecule has 1 aliphatic heterocycles. The topological polar surface area (TPSA) is 89.0 Å². The van der Waals surface area contributed by atoms with Crippen LogP contribution in [0.25, 0.3) is 16.0 Å². The summed E-state index contributed by atoms with van der Waals surface area (Å²) < 4.78 is 11.8. The smallest absolute Gasteiger partial charge is 0.301 e. The van der Waals surface area contributed by atoms with Gasteiger partial charge >= 0.3 is 5.91 Å². The Labute approximate surface area is 199 Å². The predicted octanol–water partition coefficient (Wildman–Crippen LogP) is 4.94. The Morgan fingerprint density at radius 1 is 0.971 bits per heavy atom. The van der Waals surface area contributed by atoms with Gasteiger partial charge in [-0.3, -0.25) is 14.5 Å². The quantitative estimate of drug-likeness (QED) is 0.251. The van der Waals surface area contributed by atoms with E-state index < -0.39 is 17.7 Å². The highest BCUT2D eigenvalue weighted by molar-refractivity contribution is 7.22. The summed E-state index contributed by atoms with van der Waals surface area (Å²) in [5.41, 5.74) is 1.65. The van der Waals surface area contributed by atoms with Gasteiger partial charge in [0, 0.05) is 17.2 Å². The van der Waals surface area contributed by atoms with Crippen molar-refractivity contribution in [2.75, 3.05) is 19.1 Å². The molecule has 1 fully saturated rings. The number of aliphatic hydroxyl groups excluding tert-OH is 1. The molecule has 0 bridgehead atoms. The van der Waals surface area contributed by atoms with Gasteiger partial charge in [0.05, 0.1) is 30.0 Å². The Balaban J connectivity index is 1.77. The third-order valence-corrected chi connectivity index (χ3v) is 6.75. The summed E-state index contributed by atoms with van der Waals surface area (Å²) in [7, 11) is 3.04. The second kappa shape index (κ2) is 8.64. The number of nitrogens with zero attached hydrogens (tertiary/aromatic N) is 2. The molecule has 170 valence electrons. The fourth-order valence-corrected chi connectivity index (χ4v) is 5.08. The summed E-state index contributed by atoms with van der Waals surface area (Å²) in [5, 5.41) is 11.6. The summed E-state index contributed by atoms with van der Waals surface area (Å²) in [6.45, 7) is 0. The van der Waals surface area contributed by atoms with Crippen molar-refractivity contribution in [2.24, 2.45) is 0 Å². The van der Waals surface area contributed by atoms with E-state index >= 15 is 0 Å². The van der Waals surface area contributed by atoms with Crippen molar-refractivity contribution in [1.29, 1.82) is 0 Å². The number of fused-ring (bicyclic) bond motifs is 1. The minimum Gasteiger partial charge on any atom is -0.507 e. The third-order valence-electron chi connectivity index (χ3n) is 5.72. The number of para-hydroxylation sites is 1. The van der Waals surface area contributed by atoms with E-state index in [0.717, 1.165) is 4.70 Å². The standard InChI is InChI=1S/C26H20N2O5S/c1-32-16-12-13-17(19(14-16)33-2)22-21(23(29)15-8-4-3-5-9-15)24(30)25(31)28(22)26-27-18-10-6-7-11-20(18)34-26/h3-14,22,29H,1-2H3/b23-21-. The molecule has 5 rings (SSSR count). The van der Waals surface area contributed by atoms with Crippen molar-refractivity contribution >= 4 is 44.1 Å². The van der Waals surface area contributed by atoms with Crippen LogP contribution in [0.15, 0.2) is 78.4 Å². The Morgan fingerprint density at radius 3 is 2.41 bits per heavy atom. The number of aromatic nitrogens is 1. The van der Waals surface area contributed by atoms with Crippen LogP contribution in [0.3, 0.4) is 0 Å². The van der Waals surface area contributed by atoms with Gasteiger partial charge in [-0.05, 0) is 24.3 Å². The number of carbonyl (C=O) groups excluding carboxylic acids is 2. The van der Waals surface area contributed by atoms with Gasteiger partial charge in [-0.2, -0.15) is 0 Å². The molecule has 34 heavy (non-hydrogen) atoms. The normalized spacial score (nSPS) is 17.4. The lowest BCUT2D eigenvalue weighted by Gasteiger charge is -2.24. The zero-order valence-electron chi connectivity index (χ0n) is 18.4. The first-order valence-electron chi connectivity index (χ1n) is 10.5. The SMILES string of the molecule is COc1ccc(C2/C(=C(/O)c3ccccc3)C(=O)C(=O)N2c2nc3ccccc3s2)c(OC)c1. The molecule has 1 saturated heterocycles. The van der Waals surface area contributed by atoms with Crippen LogP contribution < -0.4 is 14.4 Å². The first-order chi connectivity index (χ1) is 16.5. The molecule has 0 saturated carbocycles. The van der Waals surface area contributed by atoms with E-state index in [9.17, 15) is 14.7 Å². The van der Waals surface area contributed by atoms with E-state index in [2.05, 4.69) is 4.98 Å². The molecule has 1 N–H and O–H groups in total. The third kappa shape index (κ3) is 3.48. The lowest BCUT2D eigenvalue weighted by atomic mass is 9.94. The second-order valence-electron chi connectivity index (χ2n) is 7.61. The van der Waals surface area contributed by atoms with Crippen molar-refractivity contribution < 1.29 is 24.2 Å². The van der Waals surface area contributed by atoms with Gasteiger partial charge < -0.3 is 14.6 Å². The Morgan fingerprint density at radius 2 is 1.71 bits per heavy atom. The van der Waals surface area contributed by atoms with Crippen LogP contribution in [0.1, 0.15) is 17.2 Å². The molecule has 0 aliphatic carbocycles. The van der Waals surface area contributed by atoms with Gasteiger partial charge in [0.2, 0.25) is 0 Å². The molecule has 4 aromatic rings. The molecule has 8 heteroatoms. The summed E-state index contributed by atoms with van der Waals surface area (Å²) in [5.74, 6) is -0.842. The summed E-state index contributed by atoms with van der Waals surface area (Å²) >= 11 is 1.30. The first kappa shape index (κ1) is 21.7. The Hall–Kier alpha value is -4.17. The molecule has 1 aromatic heterocycles. The van der Waals surface area contributed by atoms with Gasteiger partial charge in [-0.25, -0.2) is 4.98 Å². The number of anilines is 1. The van der Waals surface area contributed by atoms with Gasteiger partial charge in [0.1, 0.15) is 23.3 Å². The van der Waals surface area contributed by atoms with Crippen molar-refractivity contribution in [3.8, 4) is 11.5 Å². The molecule has 1 atom stereocenters. The largest absolute Gasteiger partial charge is 0.507 e. The van der Waals surface area contributed by atoms with Crippen LogP contribution in [0, 0.1) is 0 Å². The number of methoxy groups -OCH3 is 2. The number of benzene rings is 3.